The largest absolute Gasteiger partial charge is 0.497 e. The predicted molar refractivity (Wildman–Crippen MR) is 93.7 cm³/mol. The molecule has 0 bridgehead atoms. The second-order valence-electron chi connectivity index (χ2n) is 5.54. The molecule has 0 heterocycles. The van der Waals surface area contributed by atoms with Gasteiger partial charge >= 0.3 is 0 Å². The average molecular weight is 329 g/mol. The van der Waals surface area contributed by atoms with Crippen LogP contribution in [0.3, 0.4) is 0 Å². The highest BCUT2D eigenvalue weighted by Crippen LogP contribution is 2.28. The van der Waals surface area contributed by atoms with E-state index in [-0.39, 0.29) is 12.5 Å². The number of hydrogen-bond acceptors (Lipinski definition) is 4. The molecule has 0 aromatic heterocycles. The van der Waals surface area contributed by atoms with Gasteiger partial charge in [-0.2, -0.15) is 0 Å². The monoisotopic (exact) mass is 329 g/mol. The number of aryl methyl sites for hydroxylation is 2. The number of nitrogens with one attached hydrogen (secondary N) is 1. The normalized spacial score (nSPS) is 10.3. The summed E-state index contributed by atoms with van der Waals surface area (Å²) in [5, 5.41) is 2.78. The van der Waals surface area contributed by atoms with Gasteiger partial charge in [0, 0.05) is 6.07 Å². The van der Waals surface area contributed by atoms with E-state index in [1.165, 1.54) is 5.56 Å². The summed E-state index contributed by atoms with van der Waals surface area (Å²) in [5.74, 6) is 0.965. The zero-order valence-corrected chi connectivity index (χ0v) is 14.5. The van der Waals surface area contributed by atoms with Crippen LogP contribution < -0.4 is 14.8 Å². The number of hydrogen-bond donors (Lipinski definition) is 1. The minimum absolute atomic E-state index is 0.0340. The molecule has 5 nitrogen and oxygen atoms in total. The lowest BCUT2D eigenvalue weighted by Crippen LogP contribution is -2.18. The van der Waals surface area contributed by atoms with Crippen molar-refractivity contribution in [3.8, 4) is 11.5 Å². The Morgan fingerprint density at radius 1 is 1.04 bits per heavy atom. The molecule has 0 unspecified atom stereocenters. The van der Waals surface area contributed by atoms with Crippen molar-refractivity contribution in [3.63, 3.8) is 0 Å². The Morgan fingerprint density at radius 3 is 2.50 bits per heavy atom. The van der Waals surface area contributed by atoms with E-state index >= 15 is 0 Å². The van der Waals surface area contributed by atoms with Crippen LogP contribution in [-0.4, -0.2) is 26.7 Å². The zero-order chi connectivity index (χ0) is 17.5. The molecule has 128 valence electrons. The quantitative estimate of drug-likeness (QED) is 0.845. The lowest BCUT2D eigenvalue weighted by atomic mass is 10.1. The molecule has 0 saturated heterocycles. The SMILES string of the molecule is COc1ccc(OC)c(NC(=O)COCc2ccc(C)cc2C)c1. The van der Waals surface area contributed by atoms with Crippen LogP contribution in [0.5, 0.6) is 11.5 Å². The maximum absolute atomic E-state index is 12.1. The first-order valence-electron chi connectivity index (χ1n) is 7.69. The smallest absolute Gasteiger partial charge is 0.250 e. The maximum Gasteiger partial charge on any atom is 0.250 e. The third-order valence-corrected chi connectivity index (χ3v) is 3.67. The number of anilines is 1. The fourth-order valence-corrected chi connectivity index (χ4v) is 2.36. The average Bonchev–Trinajstić information content (AvgIpc) is 2.56. The van der Waals surface area contributed by atoms with E-state index in [9.17, 15) is 4.79 Å². The highest BCUT2D eigenvalue weighted by atomic mass is 16.5. The fourth-order valence-electron chi connectivity index (χ4n) is 2.36. The molecule has 2 aromatic carbocycles. The van der Waals surface area contributed by atoms with E-state index in [4.69, 9.17) is 14.2 Å². The first kappa shape index (κ1) is 17.8. The van der Waals surface area contributed by atoms with Gasteiger partial charge in [-0.25, -0.2) is 0 Å². The van der Waals surface area contributed by atoms with Crippen molar-refractivity contribution in [2.75, 3.05) is 26.1 Å². The molecule has 0 aliphatic carbocycles. The minimum atomic E-state index is -0.244. The fraction of sp³-hybridized carbons (Fsp3) is 0.316. The first-order chi connectivity index (χ1) is 11.5. The summed E-state index contributed by atoms with van der Waals surface area (Å²) in [6, 6.07) is 11.4. The Balaban J connectivity index is 1.91. The van der Waals surface area contributed by atoms with Crippen LogP contribution in [0.25, 0.3) is 0 Å². The summed E-state index contributed by atoms with van der Waals surface area (Å²) in [6.45, 7) is 4.45. The van der Waals surface area contributed by atoms with Gasteiger partial charge in [-0.3, -0.25) is 4.79 Å². The van der Waals surface area contributed by atoms with Gasteiger partial charge in [-0.1, -0.05) is 23.8 Å². The van der Waals surface area contributed by atoms with Gasteiger partial charge < -0.3 is 19.5 Å². The van der Waals surface area contributed by atoms with Crippen molar-refractivity contribution < 1.29 is 19.0 Å². The van der Waals surface area contributed by atoms with Gasteiger partial charge in [0.2, 0.25) is 5.91 Å². The number of amides is 1. The summed E-state index contributed by atoms with van der Waals surface area (Å²) < 4.78 is 15.9. The van der Waals surface area contributed by atoms with Gasteiger partial charge in [0.1, 0.15) is 18.1 Å². The van der Waals surface area contributed by atoms with E-state index < -0.39 is 0 Å². The number of carbonyl (C=O) groups is 1. The number of ether oxygens (including phenoxy) is 3. The van der Waals surface area contributed by atoms with Crippen LogP contribution in [0.2, 0.25) is 0 Å². The van der Waals surface area contributed by atoms with Gasteiger partial charge in [-0.05, 0) is 37.1 Å². The molecule has 0 fully saturated rings. The van der Waals surface area contributed by atoms with E-state index in [1.54, 1.807) is 32.4 Å². The van der Waals surface area contributed by atoms with Crippen LogP contribution >= 0.6 is 0 Å². The molecule has 0 aliphatic rings. The van der Waals surface area contributed by atoms with Crippen molar-refractivity contribution in [3.05, 3.63) is 53.1 Å². The zero-order valence-electron chi connectivity index (χ0n) is 14.5. The molecule has 2 rings (SSSR count). The van der Waals surface area contributed by atoms with Crippen LogP contribution in [0, 0.1) is 13.8 Å². The maximum atomic E-state index is 12.1. The van der Waals surface area contributed by atoms with Crippen molar-refractivity contribution >= 4 is 11.6 Å². The van der Waals surface area contributed by atoms with E-state index in [0.29, 0.717) is 23.8 Å². The molecule has 0 spiro atoms. The Labute approximate surface area is 142 Å². The summed E-state index contributed by atoms with van der Waals surface area (Å²) >= 11 is 0. The molecular weight excluding hydrogens is 306 g/mol. The minimum Gasteiger partial charge on any atom is -0.497 e. The van der Waals surface area contributed by atoms with Crippen molar-refractivity contribution in [2.45, 2.75) is 20.5 Å². The third kappa shape index (κ3) is 4.73. The highest BCUT2D eigenvalue weighted by molar-refractivity contribution is 5.93. The van der Waals surface area contributed by atoms with Crippen molar-refractivity contribution in [2.24, 2.45) is 0 Å². The lowest BCUT2D eigenvalue weighted by Gasteiger charge is -2.12. The van der Waals surface area contributed by atoms with Crippen LogP contribution in [0.15, 0.2) is 36.4 Å². The van der Waals surface area contributed by atoms with Gasteiger partial charge in [0.15, 0.2) is 0 Å². The topological polar surface area (TPSA) is 56.8 Å². The second-order valence-corrected chi connectivity index (χ2v) is 5.54. The van der Waals surface area contributed by atoms with Crippen molar-refractivity contribution in [1.82, 2.24) is 0 Å². The summed E-state index contributed by atoms with van der Waals surface area (Å²) in [4.78, 5) is 12.1. The molecule has 1 amide bonds. The molecule has 1 N–H and O–H groups in total. The molecule has 0 radical (unpaired) electrons. The molecule has 0 saturated carbocycles. The lowest BCUT2D eigenvalue weighted by molar-refractivity contribution is -0.121. The van der Waals surface area contributed by atoms with Gasteiger partial charge in [0.25, 0.3) is 0 Å². The standard InChI is InChI=1S/C19H23NO4/c1-13-5-6-15(14(2)9-13)11-24-12-19(21)20-17-10-16(22-3)7-8-18(17)23-4/h5-10H,11-12H2,1-4H3,(H,20,21). The van der Waals surface area contributed by atoms with E-state index in [0.717, 1.165) is 11.1 Å². The Bertz CT molecular complexity index is 713. The Hall–Kier alpha value is -2.53. The van der Waals surface area contributed by atoms with Crippen LogP contribution in [0.1, 0.15) is 16.7 Å². The number of carbonyl (C=O) groups excluding carboxylic acids is 1. The van der Waals surface area contributed by atoms with Gasteiger partial charge in [0.05, 0.1) is 26.5 Å². The number of methoxy groups -OCH3 is 2. The summed E-state index contributed by atoms with van der Waals surface area (Å²) in [7, 11) is 3.12. The van der Waals surface area contributed by atoms with Crippen LogP contribution in [-0.2, 0) is 16.1 Å². The van der Waals surface area contributed by atoms with E-state index in [1.807, 2.05) is 26.0 Å². The molecule has 5 heteroatoms. The number of benzene rings is 2. The predicted octanol–water partition coefficient (Wildman–Crippen LogP) is 3.48. The molecular formula is C19H23NO4. The number of rotatable bonds is 7. The summed E-state index contributed by atoms with van der Waals surface area (Å²) in [5.41, 5.74) is 3.99. The van der Waals surface area contributed by atoms with Crippen molar-refractivity contribution in [1.29, 1.82) is 0 Å². The molecule has 24 heavy (non-hydrogen) atoms. The first-order valence-corrected chi connectivity index (χ1v) is 7.69. The molecule has 2 aromatic rings. The molecule has 0 atom stereocenters. The highest BCUT2D eigenvalue weighted by Gasteiger charge is 2.09. The Morgan fingerprint density at radius 2 is 1.83 bits per heavy atom. The summed E-state index contributed by atoms with van der Waals surface area (Å²) in [6.07, 6.45) is 0. The van der Waals surface area contributed by atoms with Gasteiger partial charge in [-0.15, -0.1) is 0 Å². The molecule has 0 aliphatic heterocycles. The van der Waals surface area contributed by atoms with Crippen LogP contribution in [0.4, 0.5) is 5.69 Å². The second kappa shape index (κ2) is 8.36. The Kier molecular flexibility index (Phi) is 6.21. The third-order valence-electron chi connectivity index (χ3n) is 3.67. The van der Waals surface area contributed by atoms with E-state index in [2.05, 4.69) is 11.4 Å².